The van der Waals surface area contributed by atoms with Crippen molar-refractivity contribution >= 4 is 5.71 Å². The van der Waals surface area contributed by atoms with Crippen molar-refractivity contribution in [2.75, 3.05) is 0 Å². The van der Waals surface area contributed by atoms with Crippen LogP contribution in [0.1, 0.15) is 46.1 Å². The lowest BCUT2D eigenvalue weighted by Crippen LogP contribution is -2.36. The SMILES string of the molecule is CC1(C)CCC(C)(C)C(c2ccccc2)=N1. The Kier molecular flexibility index (Phi) is 2.65. The third kappa shape index (κ3) is 2.18. The number of aliphatic imine (C=N–C) groups is 1. The van der Waals surface area contributed by atoms with E-state index in [1.54, 1.807) is 0 Å². The number of rotatable bonds is 1. The fourth-order valence-electron chi connectivity index (χ4n) is 2.30. The highest BCUT2D eigenvalue weighted by Gasteiger charge is 2.35. The highest BCUT2D eigenvalue weighted by Crippen LogP contribution is 2.37. The van der Waals surface area contributed by atoms with Gasteiger partial charge in [0.1, 0.15) is 0 Å². The van der Waals surface area contributed by atoms with E-state index in [1.165, 1.54) is 24.1 Å². The molecule has 1 heterocycles. The molecule has 0 unspecified atom stereocenters. The number of nitrogens with zero attached hydrogens (tertiary/aromatic N) is 1. The first-order valence-electron chi connectivity index (χ1n) is 6.07. The quantitative estimate of drug-likeness (QED) is 0.669. The lowest BCUT2D eigenvalue weighted by Gasteiger charge is -2.38. The molecule has 1 nitrogen and oxygen atoms in total. The van der Waals surface area contributed by atoms with Crippen molar-refractivity contribution in [2.45, 2.75) is 46.1 Å². The Hall–Kier alpha value is -1.11. The maximum absolute atomic E-state index is 4.95. The Bertz CT molecular complexity index is 399. The van der Waals surface area contributed by atoms with Gasteiger partial charge in [-0.15, -0.1) is 0 Å². The predicted octanol–water partition coefficient (Wildman–Crippen LogP) is 4.07. The van der Waals surface area contributed by atoms with Crippen LogP contribution in [0.2, 0.25) is 0 Å². The molecule has 0 fully saturated rings. The second-order valence-corrected chi connectivity index (χ2v) is 6.02. The van der Waals surface area contributed by atoms with Crippen LogP contribution in [0.25, 0.3) is 0 Å². The molecule has 0 N–H and O–H groups in total. The Balaban J connectivity index is 2.48. The van der Waals surface area contributed by atoms with Gasteiger partial charge in [-0.05, 0) is 32.3 Å². The van der Waals surface area contributed by atoms with E-state index in [1.807, 2.05) is 0 Å². The standard InChI is InChI=1S/C15H21N/c1-14(2)10-11-15(3,4)16-13(14)12-8-6-5-7-9-12/h5-9H,10-11H2,1-4H3. The maximum Gasteiger partial charge on any atom is 0.0556 e. The van der Waals surface area contributed by atoms with Crippen LogP contribution in [-0.2, 0) is 0 Å². The molecule has 1 heteroatoms. The lowest BCUT2D eigenvalue weighted by atomic mass is 9.73. The van der Waals surface area contributed by atoms with Crippen LogP contribution in [0.4, 0.5) is 0 Å². The van der Waals surface area contributed by atoms with Gasteiger partial charge in [-0.3, -0.25) is 4.99 Å². The van der Waals surface area contributed by atoms with E-state index in [0.29, 0.717) is 0 Å². The molecule has 0 atom stereocenters. The molecular formula is C15H21N. The first-order valence-corrected chi connectivity index (χ1v) is 6.07. The molecule has 2 rings (SSSR count). The van der Waals surface area contributed by atoms with Gasteiger partial charge in [0, 0.05) is 11.1 Å². The number of hydrogen-bond acceptors (Lipinski definition) is 1. The molecular weight excluding hydrogens is 194 g/mol. The Morgan fingerprint density at radius 2 is 1.56 bits per heavy atom. The van der Waals surface area contributed by atoms with Gasteiger partial charge in [-0.25, -0.2) is 0 Å². The number of hydrogen-bond donors (Lipinski definition) is 0. The summed E-state index contributed by atoms with van der Waals surface area (Å²) >= 11 is 0. The molecule has 16 heavy (non-hydrogen) atoms. The smallest absolute Gasteiger partial charge is 0.0556 e. The number of benzene rings is 1. The summed E-state index contributed by atoms with van der Waals surface area (Å²) in [5.74, 6) is 0. The third-order valence-corrected chi connectivity index (χ3v) is 3.46. The van der Waals surface area contributed by atoms with Crippen LogP contribution >= 0.6 is 0 Å². The highest BCUT2D eigenvalue weighted by molar-refractivity contribution is 6.04. The van der Waals surface area contributed by atoms with Crippen molar-refractivity contribution in [3.63, 3.8) is 0 Å². The predicted molar refractivity (Wildman–Crippen MR) is 70.1 cm³/mol. The van der Waals surface area contributed by atoms with Crippen LogP contribution in [0.3, 0.4) is 0 Å². The fraction of sp³-hybridized carbons (Fsp3) is 0.533. The zero-order valence-electron chi connectivity index (χ0n) is 10.7. The average molecular weight is 215 g/mol. The van der Waals surface area contributed by atoms with Crippen molar-refractivity contribution in [2.24, 2.45) is 10.4 Å². The van der Waals surface area contributed by atoms with Crippen molar-refractivity contribution in [1.29, 1.82) is 0 Å². The molecule has 0 bridgehead atoms. The zero-order chi connectivity index (χ0) is 11.8. The molecule has 0 aromatic heterocycles. The summed E-state index contributed by atoms with van der Waals surface area (Å²) < 4.78 is 0. The van der Waals surface area contributed by atoms with E-state index in [0.717, 1.165) is 0 Å². The van der Waals surface area contributed by atoms with E-state index in [-0.39, 0.29) is 11.0 Å². The van der Waals surface area contributed by atoms with Gasteiger partial charge < -0.3 is 0 Å². The van der Waals surface area contributed by atoms with Crippen molar-refractivity contribution in [3.05, 3.63) is 35.9 Å². The van der Waals surface area contributed by atoms with Gasteiger partial charge in [0.15, 0.2) is 0 Å². The summed E-state index contributed by atoms with van der Waals surface area (Å²) in [6.07, 6.45) is 2.39. The van der Waals surface area contributed by atoms with Gasteiger partial charge in [-0.2, -0.15) is 0 Å². The summed E-state index contributed by atoms with van der Waals surface area (Å²) in [6, 6.07) is 10.6. The minimum absolute atomic E-state index is 0.0979. The second kappa shape index (κ2) is 3.73. The van der Waals surface area contributed by atoms with E-state index in [9.17, 15) is 0 Å². The summed E-state index contributed by atoms with van der Waals surface area (Å²) in [6.45, 7) is 9.05. The van der Waals surface area contributed by atoms with E-state index in [4.69, 9.17) is 4.99 Å². The molecule has 1 aliphatic heterocycles. The molecule has 0 aliphatic carbocycles. The summed E-state index contributed by atoms with van der Waals surface area (Å²) in [4.78, 5) is 4.95. The molecule has 1 aliphatic rings. The van der Waals surface area contributed by atoms with Gasteiger partial charge in [0.2, 0.25) is 0 Å². The molecule has 1 aromatic rings. The molecule has 86 valence electrons. The zero-order valence-corrected chi connectivity index (χ0v) is 10.7. The Morgan fingerprint density at radius 3 is 2.19 bits per heavy atom. The second-order valence-electron chi connectivity index (χ2n) is 6.02. The topological polar surface area (TPSA) is 12.4 Å². The first kappa shape index (κ1) is 11.4. The van der Waals surface area contributed by atoms with Crippen LogP contribution in [0.15, 0.2) is 35.3 Å². The van der Waals surface area contributed by atoms with Crippen LogP contribution in [-0.4, -0.2) is 11.3 Å². The van der Waals surface area contributed by atoms with Gasteiger partial charge in [-0.1, -0.05) is 44.2 Å². The largest absolute Gasteiger partial charge is 0.283 e. The van der Waals surface area contributed by atoms with Crippen LogP contribution in [0, 0.1) is 5.41 Å². The monoisotopic (exact) mass is 215 g/mol. The minimum Gasteiger partial charge on any atom is -0.283 e. The first-order chi connectivity index (χ1) is 7.41. The fourth-order valence-corrected chi connectivity index (χ4v) is 2.30. The van der Waals surface area contributed by atoms with Gasteiger partial charge in [0.25, 0.3) is 0 Å². The van der Waals surface area contributed by atoms with Gasteiger partial charge >= 0.3 is 0 Å². The average Bonchev–Trinajstić information content (AvgIpc) is 2.24. The lowest BCUT2D eigenvalue weighted by molar-refractivity contribution is 0.340. The summed E-state index contributed by atoms with van der Waals surface area (Å²) in [5.41, 5.74) is 2.85. The maximum atomic E-state index is 4.95. The molecule has 0 spiro atoms. The normalized spacial score (nSPS) is 22.6. The highest BCUT2D eigenvalue weighted by atomic mass is 14.9. The van der Waals surface area contributed by atoms with E-state index >= 15 is 0 Å². The van der Waals surface area contributed by atoms with Crippen molar-refractivity contribution in [3.8, 4) is 0 Å². The molecule has 1 aromatic carbocycles. The van der Waals surface area contributed by atoms with Crippen molar-refractivity contribution in [1.82, 2.24) is 0 Å². The van der Waals surface area contributed by atoms with Crippen LogP contribution < -0.4 is 0 Å². The minimum atomic E-state index is 0.0979. The molecule has 0 radical (unpaired) electrons. The van der Waals surface area contributed by atoms with Gasteiger partial charge in [0.05, 0.1) is 5.54 Å². The Morgan fingerprint density at radius 1 is 0.938 bits per heavy atom. The molecule has 0 amide bonds. The summed E-state index contributed by atoms with van der Waals surface area (Å²) in [7, 11) is 0. The van der Waals surface area contributed by atoms with Crippen molar-refractivity contribution < 1.29 is 0 Å². The van der Waals surface area contributed by atoms with Crippen LogP contribution in [0.5, 0.6) is 0 Å². The Labute approximate surface area is 98.6 Å². The third-order valence-electron chi connectivity index (χ3n) is 3.46. The molecule has 0 saturated heterocycles. The van der Waals surface area contributed by atoms with E-state index < -0.39 is 0 Å². The summed E-state index contributed by atoms with van der Waals surface area (Å²) in [5, 5.41) is 0. The molecule has 0 saturated carbocycles. The van der Waals surface area contributed by atoms with E-state index in [2.05, 4.69) is 58.0 Å².